The predicted octanol–water partition coefficient (Wildman–Crippen LogP) is 4.71. The van der Waals surface area contributed by atoms with Crippen molar-refractivity contribution in [3.05, 3.63) is 53.1 Å². The highest BCUT2D eigenvalue weighted by atomic mass is 16.6. The van der Waals surface area contributed by atoms with Gasteiger partial charge in [-0.1, -0.05) is 12.1 Å². The molecule has 0 amide bonds. The van der Waals surface area contributed by atoms with Crippen molar-refractivity contribution >= 4 is 5.97 Å². The summed E-state index contributed by atoms with van der Waals surface area (Å²) in [5, 5.41) is 0. The Kier molecular flexibility index (Phi) is 10.1. The van der Waals surface area contributed by atoms with Crippen LogP contribution in [0.4, 0.5) is 0 Å². The molecule has 0 heterocycles. The number of nitrogens with zero attached hydrogens (tertiary/aromatic N) is 1. The SMILES string of the molecule is CCOC(=O)COc1ccc(CCN(C)CCCC2CCc3cc(OC)c(OC)cc3C2)cc1. The zero-order chi connectivity index (χ0) is 24.3. The second-order valence-corrected chi connectivity index (χ2v) is 9.02. The predicted molar refractivity (Wildman–Crippen MR) is 134 cm³/mol. The molecule has 1 aliphatic carbocycles. The minimum atomic E-state index is -0.342. The third-order valence-corrected chi connectivity index (χ3v) is 6.56. The Morgan fingerprint density at radius 1 is 1.03 bits per heavy atom. The lowest BCUT2D eigenvalue weighted by atomic mass is 9.81. The molecular weight excluding hydrogens is 430 g/mol. The summed E-state index contributed by atoms with van der Waals surface area (Å²) in [5.74, 6) is 2.75. The van der Waals surface area contributed by atoms with Gasteiger partial charge in [0.1, 0.15) is 5.75 Å². The summed E-state index contributed by atoms with van der Waals surface area (Å²) in [7, 11) is 5.60. The molecule has 34 heavy (non-hydrogen) atoms. The fourth-order valence-electron chi connectivity index (χ4n) is 4.58. The molecule has 0 aliphatic heterocycles. The quantitative estimate of drug-likeness (QED) is 0.396. The van der Waals surface area contributed by atoms with Crippen molar-refractivity contribution in [2.24, 2.45) is 5.92 Å². The standard InChI is InChI=1S/C28H39NO5/c1-5-33-28(30)20-34-25-12-9-21(10-13-25)14-16-29(2)15-6-7-22-8-11-23-18-26(31-3)27(32-4)19-24(23)17-22/h9-10,12-13,18-19,22H,5-8,11,14-17,20H2,1-4H3. The minimum absolute atomic E-state index is 0.0513. The van der Waals surface area contributed by atoms with Gasteiger partial charge in [-0.25, -0.2) is 4.79 Å². The summed E-state index contributed by atoms with van der Waals surface area (Å²) in [6, 6.07) is 12.3. The molecule has 0 saturated heterocycles. The highest BCUT2D eigenvalue weighted by Gasteiger charge is 2.21. The van der Waals surface area contributed by atoms with E-state index in [2.05, 4.69) is 36.2 Å². The molecule has 0 bridgehead atoms. The number of rotatable bonds is 13. The van der Waals surface area contributed by atoms with Crippen molar-refractivity contribution < 1.29 is 23.7 Å². The molecule has 0 spiro atoms. The van der Waals surface area contributed by atoms with Crippen LogP contribution in [0.15, 0.2) is 36.4 Å². The van der Waals surface area contributed by atoms with Crippen molar-refractivity contribution in [3.8, 4) is 17.2 Å². The average molecular weight is 470 g/mol. The van der Waals surface area contributed by atoms with Gasteiger partial charge in [-0.05, 0) is 106 Å². The van der Waals surface area contributed by atoms with Crippen LogP contribution in [0.5, 0.6) is 17.2 Å². The van der Waals surface area contributed by atoms with E-state index in [4.69, 9.17) is 18.9 Å². The fraction of sp³-hybridized carbons (Fsp3) is 0.536. The van der Waals surface area contributed by atoms with Gasteiger partial charge in [-0.15, -0.1) is 0 Å². The van der Waals surface area contributed by atoms with E-state index in [-0.39, 0.29) is 12.6 Å². The maximum Gasteiger partial charge on any atom is 0.344 e. The summed E-state index contributed by atoms with van der Waals surface area (Å²) in [6.07, 6.45) is 6.96. The van der Waals surface area contributed by atoms with Crippen molar-refractivity contribution in [1.29, 1.82) is 0 Å². The van der Waals surface area contributed by atoms with E-state index in [0.29, 0.717) is 12.4 Å². The zero-order valence-corrected chi connectivity index (χ0v) is 21.1. The number of esters is 1. The topological polar surface area (TPSA) is 57.2 Å². The van der Waals surface area contributed by atoms with Crippen LogP contribution in [-0.4, -0.2) is 58.4 Å². The summed E-state index contributed by atoms with van der Waals surface area (Å²) < 4.78 is 21.3. The molecule has 0 N–H and O–H groups in total. The Labute approximate surface area is 204 Å². The van der Waals surface area contributed by atoms with Gasteiger partial charge in [-0.3, -0.25) is 0 Å². The van der Waals surface area contributed by atoms with Crippen LogP contribution in [-0.2, 0) is 28.8 Å². The molecule has 0 fully saturated rings. The summed E-state index contributed by atoms with van der Waals surface area (Å²) in [6.45, 7) is 4.23. The molecule has 6 heteroatoms. The Balaban J connectivity index is 1.36. The van der Waals surface area contributed by atoms with Crippen LogP contribution in [0.2, 0.25) is 0 Å². The Morgan fingerprint density at radius 2 is 1.74 bits per heavy atom. The molecule has 6 nitrogen and oxygen atoms in total. The van der Waals surface area contributed by atoms with E-state index in [0.717, 1.165) is 49.8 Å². The number of likely N-dealkylation sites (N-methyl/N-ethyl adjacent to an activating group) is 1. The zero-order valence-electron chi connectivity index (χ0n) is 21.1. The highest BCUT2D eigenvalue weighted by molar-refractivity contribution is 5.71. The maximum atomic E-state index is 11.4. The molecule has 0 radical (unpaired) electrons. The normalized spacial score (nSPS) is 15.0. The average Bonchev–Trinajstić information content (AvgIpc) is 2.86. The van der Waals surface area contributed by atoms with Gasteiger partial charge in [0.2, 0.25) is 0 Å². The molecule has 1 atom stereocenters. The van der Waals surface area contributed by atoms with Gasteiger partial charge >= 0.3 is 5.97 Å². The first-order chi connectivity index (χ1) is 16.5. The summed E-state index contributed by atoms with van der Waals surface area (Å²) in [5.41, 5.74) is 4.09. The molecule has 2 aromatic rings. The van der Waals surface area contributed by atoms with Crippen molar-refractivity contribution in [2.45, 2.75) is 45.4 Å². The van der Waals surface area contributed by atoms with E-state index >= 15 is 0 Å². The molecule has 1 unspecified atom stereocenters. The number of hydrogen-bond donors (Lipinski definition) is 0. The first-order valence-electron chi connectivity index (χ1n) is 12.3. The Hall–Kier alpha value is -2.73. The van der Waals surface area contributed by atoms with E-state index in [1.807, 2.05) is 12.1 Å². The molecular formula is C28H39NO5. The molecule has 2 aromatic carbocycles. The largest absolute Gasteiger partial charge is 0.493 e. The number of fused-ring (bicyclic) bond motifs is 1. The summed E-state index contributed by atoms with van der Waals surface area (Å²) >= 11 is 0. The Morgan fingerprint density at radius 3 is 2.41 bits per heavy atom. The van der Waals surface area contributed by atoms with Crippen LogP contribution in [0, 0.1) is 5.92 Å². The number of carbonyl (C=O) groups is 1. The minimum Gasteiger partial charge on any atom is -0.493 e. The number of aryl methyl sites for hydroxylation is 1. The third-order valence-electron chi connectivity index (χ3n) is 6.56. The van der Waals surface area contributed by atoms with E-state index in [1.54, 1.807) is 21.1 Å². The van der Waals surface area contributed by atoms with E-state index in [1.165, 1.54) is 36.0 Å². The first-order valence-corrected chi connectivity index (χ1v) is 12.3. The van der Waals surface area contributed by atoms with Gasteiger partial charge in [0.05, 0.1) is 20.8 Å². The number of ether oxygens (including phenoxy) is 4. The van der Waals surface area contributed by atoms with Crippen LogP contribution >= 0.6 is 0 Å². The van der Waals surface area contributed by atoms with Crippen molar-refractivity contribution in [1.82, 2.24) is 4.90 Å². The molecule has 186 valence electrons. The van der Waals surface area contributed by atoms with Gasteiger partial charge in [0, 0.05) is 6.54 Å². The highest BCUT2D eigenvalue weighted by Crippen LogP contribution is 2.36. The fourth-order valence-corrected chi connectivity index (χ4v) is 4.58. The molecule has 0 aromatic heterocycles. The number of benzene rings is 2. The molecule has 0 saturated carbocycles. The number of methoxy groups -OCH3 is 2. The second-order valence-electron chi connectivity index (χ2n) is 9.02. The van der Waals surface area contributed by atoms with Crippen LogP contribution in [0.3, 0.4) is 0 Å². The third kappa shape index (κ3) is 7.66. The lowest BCUT2D eigenvalue weighted by molar-refractivity contribution is -0.145. The molecule has 3 rings (SSSR count). The molecule has 1 aliphatic rings. The smallest absolute Gasteiger partial charge is 0.344 e. The van der Waals surface area contributed by atoms with Crippen molar-refractivity contribution in [2.75, 3.05) is 47.6 Å². The van der Waals surface area contributed by atoms with Gasteiger partial charge in [0.25, 0.3) is 0 Å². The van der Waals surface area contributed by atoms with Crippen LogP contribution < -0.4 is 14.2 Å². The lowest BCUT2D eigenvalue weighted by Crippen LogP contribution is -2.23. The monoisotopic (exact) mass is 469 g/mol. The second kappa shape index (κ2) is 13.2. The van der Waals surface area contributed by atoms with Gasteiger partial charge < -0.3 is 23.8 Å². The summed E-state index contributed by atoms with van der Waals surface area (Å²) in [4.78, 5) is 13.8. The first kappa shape index (κ1) is 25.9. The van der Waals surface area contributed by atoms with Crippen molar-refractivity contribution in [3.63, 3.8) is 0 Å². The van der Waals surface area contributed by atoms with Crippen LogP contribution in [0.25, 0.3) is 0 Å². The van der Waals surface area contributed by atoms with E-state index < -0.39 is 0 Å². The number of hydrogen-bond acceptors (Lipinski definition) is 6. The van der Waals surface area contributed by atoms with Crippen LogP contribution in [0.1, 0.15) is 42.9 Å². The lowest BCUT2D eigenvalue weighted by Gasteiger charge is -2.26. The maximum absolute atomic E-state index is 11.4. The van der Waals surface area contributed by atoms with E-state index in [9.17, 15) is 4.79 Å². The Bertz CT molecular complexity index is 912. The van der Waals surface area contributed by atoms with Gasteiger partial charge in [0.15, 0.2) is 18.1 Å². The number of carbonyl (C=O) groups excluding carboxylic acids is 1. The van der Waals surface area contributed by atoms with Gasteiger partial charge in [-0.2, -0.15) is 0 Å².